The zero-order valence-corrected chi connectivity index (χ0v) is 23.3. The molecule has 0 aliphatic heterocycles. The van der Waals surface area contributed by atoms with Crippen LogP contribution in [-0.4, -0.2) is 43.8 Å². The van der Waals surface area contributed by atoms with E-state index >= 15 is 0 Å². The topological polar surface area (TPSA) is 80.9 Å². The van der Waals surface area contributed by atoms with Crippen molar-refractivity contribution in [2.75, 3.05) is 0 Å². The minimum atomic E-state index is -0.824. The van der Waals surface area contributed by atoms with Crippen molar-refractivity contribution in [1.82, 2.24) is 0 Å². The summed E-state index contributed by atoms with van der Waals surface area (Å²) in [5.41, 5.74) is -1.33. The summed E-state index contributed by atoms with van der Waals surface area (Å²) in [4.78, 5) is 0. The molecule has 4 fully saturated rings. The lowest BCUT2D eigenvalue weighted by atomic mass is 9.35. The van der Waals surface area contributed by atoms with Crippen LogP contribution in [0.5, 0.6) is 0 Å². The van der Waals surface area contributed by atoms with Crippen LogP contribution in [0.15, 0.2) is 0 Å². The normalized spacial score (nSPS) is 50.1. The van der Waals surface area contributed by atoms with Crippen LogP contribution in [0.2, 0.25) is 0 Å². The maximum atomic E-state index is 11.8. The van der Waals surface area contributed by atoms with E-state index in [4.69, 9.17) is 0 Å². The number of aliphatic hydroxyl groups excluding tert-OH is 2. The highest BCUT2D eigenvalue weighted by molar-refractivity contribution is 5.19. The first-order valence-corrected chi connectivity index (χ1v) is 14.2. The number of hydrogen-bond donors (Lipinski definition) is 4. The Morgan fingerprint density at radius 2 is 1.38 bits per heavy atom. The second kappa shape index (κ2) is 8.17. The van der Waals surface area contributed by atoms with Crippen molar-refractivity contribution < 1.29 is 20.4 Å². The van der Waals surface area contributed by atoms with Gasteiger partial charge in [-0.15, -0.1) is 0 Å². The highest BCUT2D eigenvalue weighted by atomic mass is 16.3. The molecule has 198 valence electrons. The lowest BCUT2D eigenvalue weighted by Gasteiger charge is -2.70. The smallest absolute Gasteiger partial charge is 0.0651 e. The van der Waals surface area contributed by atoms with Gasteiger partial charge >= 0.3 is 0 Å². The van der Waals surface area contributed by atoms with E-state index in [1.54, 1.807) is 0 Å². The molecule has 0 aromatic rings. The van der Waals surface area contributed by atoms with E-state index < -0.39 is 11.2 Å². The van der Waals surface area contributed by atoms with Crippen LogP contribution < -0.4 is 0 Å². The summed E-state index contributed by atoms with van der Waals surface area (Å²) in [5.74, 6) is 1.15. The van der Waals surface area contributed by atoms with Gasteiger partial charge in [0.1, 0.15) is 0 Å². The Hall–Kier alpha value is -0.160. The third-order valence-electron chi connectivity index (χ3n) is 12.6. The van der Waals surface area contributed by atoms with Crippen molar-refractivity contribution in [3.63, 3.8) is 0 Å². The van der Waals surface area contributed by atoms with Crippen LogP contribution in [0, 0.1) is 45.3 Å². The van der Waals surface area contributed by atoms with Gasteiger partial charge in [0.2, 0.25) is 0 Å². The molecule has 0 radical (unpaired) electrons. The first-order valence-electron chi connectivity index (χ1n) is 14.2. The lowest BCUT2D eigenvalue weighted by Crippen LogP contribution is -2.66. The Morgan fingerprint density at radius 3 is 2.00 bits per heavy atom. The quantitative estimate of drug-likeness (QED) is 0.409. The summed E-state index contributed by atoms with van der Waals surface area (Å²) in [7, 11) is 0. The summed E-state index contributed by atoms with van der Waals surface area (Å²) < 4.78 is 0. The SMILES string of the molecule is CC(C)(O)CCC[C@](C)(O)[C@H]1CC[C@]2(C)[C@@H]1[C@H](O)C[C@@H]1[C@@]3(C)CC[C@H](O)C(C)(C)[C@@H]3CC[C@]12C. The molecular formula is C30H54O4. The van der Waals surface area contributed by atoms with E-state index in [9.17, 15) is 20.4 Å². The summed E-state index contributed by atoms with van der Waals surface area (Å²) in [6.07, 6.45) is 8.62. The number of fused-ring (bicyclic) bond motifs is 5. The summed E-state index contributed by atoms with van der Waals surface area (Å²) >= 11 is 0. The molecule has 0 heterocycles. The van der Waals surface area contributed by atoms with Crippen LogP contribution in [-0.2, 0) is 0 Å². The highest BCUT2D eigenvalue weighted by Gasteiger charge is 2.71. The number of rotatable bonds is 5. The Morgan fingerprint density at radius 1 is 0.765 bits per heavy atom. The van der Waals surface area contributed by atoms with E-state index in [1.165, 1.54) is 0 Å². The van der Waals surface area contributed by atoms with Gasteiger partial charge in [-0.25, -0.2) is 0 Å². The molecule has 4 heteroatoms. The Bertz CT molecular complexity index is 768. The third-order valence-corrected chi connectivity index (χ3v) is 12.6. The minimum absolute atomic E-state index is 0.00836. The van der Waals surface area contributed by atoms with Crippen molar-refractivity contribution in [3.05, 3.63) is 0 Å². The first-order chi connectivity index (χ1) is 15.4. The molecule has 0 spiro atoms. The van der Waals surface area contributed by atoms with Crippen molar-refractivity contribution in [2.24, 2.45) is 45.3 Å². The number of hydrogen-bond acceptors (Lipinski definition) is 4. The number of aliphatic hydroxyl groups is 4. The van der Waals surface area contributed by atoms with E-state index in [-0.39, 0.29) is 45.7 Å². The van der Waals surface area contributed by atoms with Crippen LogP contribution in [0.25, 0.3) is 0 Å². The summed E-state index contributed by atoms with van der Waals surface area (Å²) in [6, 6.07) is 0. The molecule has 4 saturated carbocycles. The fourth-order valence-corrected chi connectivity index (χ4v) is 10.5. The minimum Gasteiger partial charge on any atom is -0.393 e. The third kappa shape index (κ3) is 3.84. The van der Waals surface area contributed by atoms with Gasteiger partial charge in [0.15, 0.2) is 0 Å². The molecule has 4 rings (SSSR count). The predicted molar refractivity (Wildman–Crippen MR) is 137 cm³/mol. The van der Waals surface area contributed by atoms with E-state index in [2.05, 4.69) is 34.6 Å². The largest absolute Gasteiger partial charge is 0.393 e. The molecule has 4 N–H and O–H groups in total. The molecule has 10 atom stereocenters. The van der Waals surface area contributed by atoms with Crippen LogP contribution in [0.1, 0.15) is 120 Å². The molecule has 0 bridgehead atoms. The summed E-state index contributed by atoms with van der Waals surface area (Å²) in [6.45, 7) is 17.6. The van der Waals surface area contributed by atoms with Gasteiger partial charge in [-0.1, -0.05) is 34.6 Å². The second-order valence-electron chi connectivity index (χ2n) is 15.4. The Balaban J connectivity index is 1.62. The van der Waals surface area contributed by atoms with Crippen molar-refractivity contribution in [3.8, 4) is 0 Å². The van der Waals surface area contributed by atoms with Gasteiger partial charge in [0.05, 0.1) is 23.4 Å². The van der Waals surface area contributed by atoms with E-state index in [0.717, 1.165) is 51.4 Å². The van der Waals surface area contributed by atoms with Crippen LogP contribution >= 0.6 is 0 Å². The zero-order valence-electron chi connectivity index (χ0n) is 23.3. The summed E-state index contributed by atoms with van der Waals surface area (Å²) in [5, 5.41) is 44.5. The molecule has 0 unspecified atom stereocenters. The molecule has 4 aliphatic rings. The van der Waals surface area contributed by atoms with Gasteiger partial charge in [0.25, 0.3) is 0 Å². The average Bonchev–Trinajstić information content (AvgIpc) is 3.07. The maximum absolute atomic E-state index is 11.8. The molecule has 0 aromatic heterocycles. The average molecular weight is 479 g/mol. The fourth-order valence-electron chi connectivity index (χ4n) is 10.5. The molecule has 0 saturated heterocycles. The van der Waals surface area contributed by atoms with Crippen molar-refractivity contribution in [1.29, 1.82) is 0 Å². The molecule has 0 amide bonds. The Labute approximate surface area is 208 Å². The van der Waals surface area contributed by atoms with Gasteiger partial charge in [-0.3, -0.25) is 0 Å². The van der Waals surface area contributed by atoms with Gasteiger partial charge in [-0.2, -0.15) is 0 Å². The molecule has 0 aromatic carbocycles. The second-order valence-corrected chi connectivity index (χ2v) is 15.4. The van der Waals surface area contributed by atoms with Crippen molar-refractivity contribution >= 4 is 0 Å². The molecule has 4 aliphatic carbocycles. The van der Waals surface area contributed by atoms with E-state index in [0.29, 0.717) is 24.7 Å². The standard InChI is InChI=1S/C30H54O4/c1-25(2,33)13-9-14-30(8,34)19-10-16-29(7)24(19)20(31)18-22-27(5)15-12-23(32)26(3,4)21(27)11-17-28(22,29)6/h19-24,31-34H,9-18H2,1-8H3/t19-,20+,21-,22+,23-,24-,27-,28+,29+,30-/m0/s1. The van der Waals surface area contributed by atoms with Gasteiger partial charge < -0.3 is 20.4 Å². The highest BCUT2D eigenvalue weighted by Crippen LogP contribution is 2.75. The monoisotopic (exact) mass is 478 g/mol. The molecule has 34 heavy (non-hydrogen) atoms. The maximum Gasteiger partial charge on any atom is 0.0651 e. The van der Waals surface area contributed by atoms with Crippen LogP contribution in [0.3, 0.4) is 0 Å². The van der Waals surface area contributed by atoms with Crippen molar-refractivity contribution in [2.45, 2.75) is 143 Å². The lowest BCUT2D eigenvalue weighted by molar-refractivity contribution is -0.246. The zero-order chi connectivity index (χ0) is 25.5. The van der Waals surface area contributed by atoms with Gasteiger partial charge in [0, 0.05) is 0 Å². The molecular weight excluding hydrogens is 424 g/mol. The predicted octanol–water partition coefficient (Wildman–Crippen LogP) is 5.70. The van der Waals surface area contributed by atoms with Crippen LogP contribution in [0.4, 0.5) is 0 Å². The Kier molecular flexibility index (Phi) is 6.46. The van der Waals surface area contributed by atoms with E-state index in [1.807, 2.05) is 20.8 Å². The fraction of sp³-hybridized carbons (Fsp3) is 1.00. The molecule has 4 nitrogen and oxygen atoms in total. The van der Waals surface area contributed by atoms with Gasteiger partial charge in [-0.05, 0) is 130 Å². The first kappa shape index (κ1) is 26.9.